The third-order valence-electron chi connectivity index (χ3n) is 1.30. The molecule has 0 aliphatic heterocycles. The molecule has 1 N–H and O–H groups in total. The average molecular weight is 169 g/mol. The van der Waals surface area contributed by atoms with Gasteiger partial charge in [0.15, 0.2) is 5.76 Å². The molecule has 0 unspecified atom stereocenters. The smallest absolute Gasteiger partial charge is 0.223 e. The lowest BCUT2D eigenvalue weighted by atomic mass is 10.3. The number of aliphatic hydroxyl groups excluding tert-OH is 1. The number of aliphatic hydroxyl groups is 1. The van der Waals surface area contributed by atoms with Gasteiger partial charge in [-0.05, 0) is 12.1 Å². The highest BCUT2D eigenvalue weighted by Crippen LogP contribution is 2.09. The monoisotopic (exact) mass is 169 g/mol. The molecule has 0 aromatic carbocycles. The Labute approximate surface area is 68.0 Å². The topological polar surface area (TPSA) is 79.9 Å². The van der Waals surface area contributed by atoms with Crippen LogP contribution in [0.4, 0.5) is 0 Å². The Morgan fingerprint density at radius 2 is 2.33 bits per heavy atom. The van der Waals surface area contributed by atoms with Crippen LogP contribution < -0.4 is 0 Å². The molecule has 1 rings (SSSR count). The zero-order valence-corrected chi connectivity index (χ0v) is 6.19. The van der Waals surface area contributed by atoms with Crippen molar-refractivity contribution in [3.63, 3.8) is 0 Å². The Kier molecular flexibility index (Phi) is 2.71. The molecule has 1 heterocycles. The summed E-state index contributed by atoms with van der Waals surface area (Å²) >= 11 is 0. The van der Waals surface area contributed by atoms with Crippen LogP contribution in [0.25, 0.3) is 0 Å². The second-order valence-corrected chi connectivity index (χ2v) is 2.13. The van der Waals surface area contributed by atoms with E-state index >= 15 is 0 Å². The van der Waals surface area contributed by atoms with Crippen molar-refractivity contribution in [2.45, 2.75) is 6.54 Å². The van der Waals surface area contributed by atoms with E-state index < -0.39 is 12.4 Å². The van der Waals surface area contributed by atoms with E-state index in [0.717, 1.165) is 0 Å². The molecule has 5 heteroatoms. The first-order chi connectivity index (χ1) is 5.77. The number of carbonyl (C=O) groups excluding carboxylic acids is 1. The van der Waals surface area contributed by atoms with E-state index in [1.54, 1.807) is 0 Å². The highest BCUT2D eigenvalue weighted by atomic mass is 16.4. The molecular weight excluding hydrogens is 162 g/mol. The van der Waals surface area contributed by atoms with Crippen LogP contribution in [-0.4, -0.2) is 17.5 Å². The molecule has 0 fully saturated rings. The summed E-state index contributed by atoms with van der Waals surface area (Å²) in [6.07, 6.45) is 0. The Hall–Kier alpha value is -1.49. The molecule has 0 spiro atoms. The van der Waals surface area contributed by atoms with Gasteiger partial charge in [0, 0.05) is 0 Å². The SMILES string of the molecule is O=NCc1ccc(C(=O)CO)o1. The van der Waals surface area contributed by atoms with E-state index in [1.165, 1.54) is 12.1 Å². The van der Waals surface area contributed by atoms with Crippen molar-refractivity contribution in [2.24, 2.45) is 5.18 Å². The molecule has 0 amide bonds. The molecule has 1 aromatic rings. The fraction of sp³-hybridized carbons (Fsp3) is 0.286. The molecule has 12 heavy (non-hydrogen) atoms. The first-order valence-corrected chi connectivity index (χ1v) is 3.30. The van der Waals surface area contributed by atoms with Gasteiger partial charge in [-0.3, -0.25) is 4.79 Å². The minimum absolute atomic E-state index is 0.0520. The van der Waals surface area contributed by atoms with E-state index in [9.17, 15) is 9.70 Å². The molecule has 0 bridgehead atoms. The number of Topliss-reactive ketones (excluding diaryl/α,β-unsaturated/α-hetero) is 1. The van der Waals surface area contributed by atoms with Crippen LogP contribution in [-0.2, 0) is 6.54 Å². The van der Waals surface area contributed by atoms with Crippen LogP contribution in [0, 0.1) is 4.91 Å². The minimum atomic E-state index is -0.596. The lowest BCUT2D eigenvalue weighted by Gasteiger charge is -1.89. The van der Waals surface area contributed by atoms with Crippen molar-refractivity contribution < 1.29 is 14.3 Å². The lowest BCUT2D eigenvalue weighted by Crippen LogP contribution is -2.01. The molecule has 0 saturated carbocycles. The van der Waals surface area contributed by atoms with Gasteiger partial charge in [0.25, 0.3) is 0 Å². The molecule has 0 radical (unpaired) electrons. The van der Waals surface area contributed by atoms with Crippen LogP contribution >= 0.6 is 0 Å². The minimum Gasteiger partial charge on any atom is -0.456 e. The quantitative estimate of drug-likeness (QED) is 0.532. The maximum Gasteiger partial charge on any atom is 0.223 e. The summed E-state index contributed by atoms with van der Waals surface area (Å²) in [6, 6.07) is 2.88. The predicted octanol–water partition coefficient (Wildman–Crippen LogP) is 0.721. The van der Waals surface area contributed by atoms with Gasteiger partial charge in [-0.25, -0.2) is 0 Å². The van der Waals surface area contributed by atoms with Crippen molar-refractivity contribution in [2.75, 3.05) is 6.61 Å². The fourth-order valence-corrected chi connectivity index (χ4v) is 0.754. The van der Waals surface area contributed by atoms with Crippen molar-refractivity contribution in [3.8, 4) is 0 Å². The van der Waals surface area contributed by atoms with Crippen LogP contribution in [0.3, 0.4) is 0 Å². The van der Waals surface area contributed by atoms with Crippen LogP contribution in [0.2, 0.25) is 0 Å². The van der Waals surface area contributed by atoms with Gasteiger partial charge in [0.2, 0.25) is 5.78 Å². The number of rotatable bonds is 4. The van der Waals surface area contributed by atoms with Gasteiger partial charge in [0.1, 0.15) is 18.9 Å². The molecule has 1 aromatic heterocycles. The Morgan fingerprint density at radius 3 is 2.92 bits per heavy atom. The van der Waals surface area contributed by atoms with Gasteiger partial charge in [-0.15, -0.1) is 0 Å². The molecule has 64 valence electrons. The second kappa shape index (κ2) is 3.77. The van der Waals surface area contributed by atoms with E-state index in [-0.39, 0.29) is 12.3 Å². The summed E-state index contributed by atoms with van der Waals surface area (Å²) < 4.78 is 4.87. The highest BCUT2D eigenvalue weighted by Gasteiger charge is 2.09. The van der Waals surface area contributed by atoms with E-state index in [2.05, 4.69) is 5.18 Å². The maximum absolute atomic E-state index is 10.8. The first-order valence-electron chi connectivity index (χ1n) is 3.30. The van der Waals surface area contributed by atoms with Crippen LogP contribution in [0.1, 0.15) is 16.3 Å². The zero-order chi connectivity index (χ0) is 8.97. The third kappa shape index (κ3) is 1.76. The Balaban J connectivity index is 2.76. The summed E-state index contributed by atoms with van der Waals surface area (Å²) in [7, 11) is 0. The Bertz CT molecular complexity index is 291. The van der Waals surface area contributed by atoms with E-state index in [4.69, 9.17) is 9.52 Å². The van der Waals surface area contributed by atoms with Crippen molar-refractivity contribution in [1.29, 1.82) is 0 Å². The standard InChI is InChI=1S/C7H7NO4/c9-4-6(10)7-2-1-5(12-7)3-8-11/h1-2,9H,3-4H2. The lowest BCUT2D eigenvalue weighted by molar-refractivity contribution is 0.0874. The van der Waals surface area contributed by atoms with Crippen molar-refractivity contribution in [3.05, 3.63) is 28.6 Å². The molecule has 0 aliphatic carbocycles. The number of nitrogens with zero attached hydrogens (tertiary/aromatic N) is 1. The molecular formula is C7H7NO4. The summed E-state index contributed by atoms with van der Waals surface area (Å²) in [6.45, 7) is -0.694. The summed E-state index contributed by atoms with van der Waals surface area (Å²) in [4.78, 5) is 20.6. The van der Waals surface area contributed by atoms with E-state index in [0.29, 0.717) is 5.76 Å². The summed E-state index contributed by atoms with van der Waals surface area (Å²) in [5, 5.41) is 11.0. The average Bonchev–Trinajstić information content (AvgIpc) is 2.52. The zero-order valence-electron chi connectivity index (χ0n) is 6.19. The second-order valence-electron chi connectivity index (χ2n) is 2.13. The number of hydrogen-bond donors (Lipinski definition) is 1. The highest BCUT2D eigenvalue weighted by molar-refractivity contribution is 5.94. The van der Waals surface area contributed by atoms with Gasteiger partial charge < -0.3 is 9.52 Å². The number of ketones is 1. The number of carbonyl (C=O) groups is 1. The van der Waals surface area contributed by atoms with Gasteiger partial charge in [-0.1, -0.05) is 5.18 Å². The van der Waals surface area contributed by atoms with Crippen molar-refractivity contribution in [1.82, 2.24) is 0 Å². The normalized spacial score (nSPS) is 9.75. The van der Waals surface area contributed by atoms with Crippen LogP contribution in [0.15, 0.2) is 21.7 Å². The van der Waals surface area contributed by atoms with Crippen LogP contribution in [0.5, 0.6) is 0 Å². The molecule has 0 saturated heterocycles. The van der Waals surface area contributed by atoms with E-state index in [1.807, 2.05) is 0 Å². The van der Waals surface area contributed by atoms with Gasteiger partial charge in [0.05, 0.1) is 0 Å². The summed E-state index contributed by atoms with van der Waals surface area (Å²) in [5.74, 6) is -0.134. The van der Waals surface area contributed by atoms with Gasteiger partial charge in [-0.2, -0.15) is 4.91 Å². The molecule has 5 nitrogen and oxygen atoms in total. The third-order valence-corrected chi connectivity index (χ3v) is 1.30. The first kappa shape index (κ1) is 8.61. The Morgan fingerprint density at radius 1 is 1.58 bits per heavy atom. The number of nitroso groups, excluding NO2 is 1. The molecule has 0 atom stereocenters. The maximum atomic E-state index is 10.8. The predicted molar refractivity (Wildman–Crippen MR) is 39.6 cm³/mol. The number of hydrogen-bond acceptors (Lipinski definition) is 5. The van der Waals surface area contributed by atoms with Crippen molar-refractivity contribution >= 4 is 5.78 Å². The number of furan rings is 1. The largest absolute Gasteiger partial charge is 0.456 e. The summed E-state index contributed by atoms with van der Waals surface area (Å²) in [5.41, 5.74) is 0. The van der Waals surface area contributed by atoms with Gasteiger partial charge >= 0.3 is 0 Å². The molecule has 0 aliphatic rings. The fourth-order valence-electron chi connectivity index (χ4n) is 0.754.